The van der Waals surface area contributed by atoms with Crippen LogP contribution < -0.4 is 15.8 Å². The van der Waals surface area contributed by atoms with Gasteiger partial charge < -0.3 is 20.7 Å². The van der Waals surface area contributed by atoms with Crippen LogP contribution in [-0.2, 0) is 4.79 Å². The Labute approximate surface area is 162 Å². The fourth-order valence-corrected chi connectivity index (χ4v) is 2.85. The van der Waals surface area contributed by atoms with E-state index in [9.17, 15) is 4.79 Å². The Kier molecular flexibility index (Phi) is 8.30. The Hall–Kier alpha value is -2.37. The van der Waals surface area contributed by atoms with Crippen LogP contribution >= 0.6 is 0 Å². The van der Waals surface area contributed by atoms with Gasteiger partial charge in [-0.3, -0.25) is 4.79 Å². The average Bonchev–Trinajstić information content (AvgIpc) is 2.72. The number of likely N-dealkylation sites (N-methyl/N-ethyl adjacent to an activating group) is 1. The van der Waals surface area contributed by atoms with Crippen LogP contribution in [0.1, 0.15) is 32.4 Å². The summed E-state index contributed by atoms with van der Waals surface area (Å²) in [6.07, 6.45) is 0. The Morgan fingerprint density at radius 3 is 2.30 bits per heavy atom. The van der Waals surface area contributed by atoms with Crippen molar-refractivity contribution < 1.29 is 9.53 Å². The van der Waals surface area contributed by atoms with Gasteiger partial charge in [0.05, 0.1) is 5.92 Å². The lowest BCUT2D eigenvalue weighted by Gasteiger charge is -2.20. The second-order valence-corrected chi connectivity index (χ2v) is 6.61. The Bertz CT molecular complexity index is 684. The zero-order chi connectivity index (χ0) is 19.6. The van der Waals surface area contributed by atoms with Gasteiger partial charge in [0.15, 0.2) is 0 Å². The minimum atomic E-state index is -0.339. The summed E-state index contributed by atoms with van der Waals surface area (Å²) in [6.45, 7) is 9.73. The van der Waals surface area contributed by atoms with Gasteiger partial charge in [0.1, 0.15) is 12.4 Å². The van der Waals surface area contributed by atoms with Crippen LogP contribution in [0.25, 0.3) is 0 Å². The van der Waals surface area contributed by atoms with Gasteiger partial charge in [0.25, 0.3) is 0 Å². The summed E-state index contributed by atoms with van der Waals surface area (Å²) >= 11 is 0. The Morgan fingerprint density at radius 1 is 1.07 bits per heavy atom. The van der Waals surface area contributed by atoms with E-state index in [0.29, 0.717) is 6.61 Å². The zero-order valence-electron chi connectivity index (χ0n) is 16.5. The Morgan fingerprint density at radius 2 is 1.70 bits per heavy atom. The van der Waals surface area contributed by atoms with Gasteiger partial charge in [-0.25, -0.2) is 0 Å². The number of hydrogen-bond donors (Lipinski definition) is 2. The standard InChI is InChI=1S/C22H31N3O2/c1-4-25(5-2)15-16-27-20-13-11-19(12-14-20)24-22(26)17(3)21(23)18-9-7-6-8-10-18/h6-14,17,21H,4-5,15-16,23H2,1-3H3,(H,24,26). The van der Waals surface area contributed by atoms with E-state index in [1.807, 2.05) is 61.5 Å². The lowest BCUT2D eigenvalue weighted by Crippen LogP contribution is -2.30. The lowest BCUT2D eigenvalue weighted by atomic mass is 9.94. The van der Waals surface area contributed by atoms with Gasteiger partial charge in [-0.1, -0.05) is 51.1 Å². The van der Waals surface area contributed by atoms with Gasteiger partial charge in [-0.2, -0.15) is 0 Å². The van der Waals surface area contributed by atoms with Gasteiger partial charge in [-0.05, 0) is 42.9 Å². The van der Waals surface area contributed by atoms with Crippen molar-refractivity contribution in [2.75, 3.05) is 31.6 Å². The second kappa shape index (κ2) is 10.7. The number of benzene rings is 2. The van der Waals surface area contributed by atoms with Gasteiger partial charge in [0, 0.05) is 18.3 Å². The number of carbonyl (C=O) groups is 1. The minimum Gasteiger partial charge on any atom is -0.492 e. The van der Waals surface area contributed by atoms with Crippen molar-refractivity contribution in [2.24, 2.45) is 11.7 Å². The van der Waals surface area contributed by atoms with Crippen molar-refractivity contribution in [3.63, 3.8) is 0 Å². The average molecular weight is 370 g/mol. The van der Waals surface area contributed by atoms with E-state index in [2.05, 4.69) is 24.1 Å². The highest BCUT2D eigenvalue weighted by molar-refractivity contribution is 5.92. The number of anilines is 1. The lowest BCUT2D eigenvalue weighted by molar-refractivity contribution is -0.120. The first-order valence-electron chi connectivity index (χ1n) is 9.61. The summed E-state index contributed by atoms with van der Waals surface area (Å²) in [6, 6.07) is 16.8. The second-order valence-electron chi connectivity index (χ2n) is 6.61. The maximum Gasteiger partial charge on any atom is 0.229 e. The van der Waals surface area contributed by atoms with Crippen LogP contribution in [0.5, 0.6) is 5.75 Å². The molecule has 5 heteroatoms. The van der Waals surface area contributed by atoms with E-state index >= 15 is 0 Å². The number of rotatable bonds is 10. The SMILES string of the molecule is CCN(CC)CCOc1ccc(NC(=O)C(C)C(N)c2ccccc2)cc1. The maximum absolute atomic E-state index is 12.5. The molecule has 0 radical (unpaired) electrons. The Balaban J connectivity index is 1.85. The van der Waals surface area contributed by atoms with Crippen molar-refractivity contribution in [1.29, 1.82) is 0 Å². The first-order valence-corrected chi connectivity index (χ1v) is 9.61. The fourth-order valence-electron chi connectivity index (χ4n) is 2.85. The van der Waals surface area contributed by atoms with Crippen LogP contribution in [0.2, 0.25) is 0 Å². The number of carbonyl (C=O) groups excluding carboxylic acids is 1. The predicted molar refractivity (Wildman–Crippen MR) is 111 cm³/mol. The third kappa shape index (κ3) is 6.38. The third-order valence-electron chi connectivity index (χ3n) is 4.83. The molecule has 0 aliphatic rings. The molecular formula is C22H31N3O2. The minimum absolute atomic E-state index is 0.0958. The summed E-state index contributed by atoms with van der Waals surface area (Å²) in [5.41, 5.74) is 7.93. The molecule has 0 saturated heterocycles. The highest BCUT2D eigenvalue weighted by atomic mass is 16.5. The topological polar surface area (TPSA) is 67.6 Å². The summed E-state index contributed by atoms with van der Waals surface area (Å²) in [5.74, 6) is 0.369. The molecular weight excluding hydrogens is 338 g/mol. The van der Waals surface area contributed by atoms with Crippen LogP contribution in [-0.4, -0.2) is 37.0 Å². The molecule has 5 nitrogen and oxygen atoms in total. The van der Waals surface area contributed by atoms with Crippen molar-refractivity contribution in [3.8, 4) is 5.75 Å². The number of ether oxygens (including phenoxy) is 1. The molecule has 0 fully saturated rings. The molecule has 0 saturated carbocycles. The molecule has 0 aliphatic carbocycles. The van der Waals surface area contributed by atoms with Crippen LogP contribution in [0.3, 0.4) is 0 Å². The van der Waals surface area contributed by atoms with E-state index in [4.69, 9.17) is 10.5 Å². The van der Waals surface area contributed by atoms with Gasteiger partial charge >= 0.3 is 0 Å². The van der Waals surface area contributed by atoms with Crippen LogP contribution in [0, 0.1) is 5.92 Å². The molecule has 146 valence electrons. The van der Waals surface area contributed by atoms with Crippen LogP contribution in [0.15, 0.2) is 54.6 Å². The molecule has 2 aromatic rings. The fraction of sp³-hybridized carbons (Fsp3) is 0.409. The molecule has 2 rings (SSSR count). The molecule has 1 amide bonds. The van der Waals surface area contributed by atoms with Gasteiger partial charge in [-0.15, -0.1) is 0 Å². The van der Waals surface area contributed by atoms with Crippen molar-refractivity contribution >= 4 is 11.6 Å². The first-order chi connectivity index (χ1) is 13.0. The molecule has 3 N–H and O–H groups in total. The van der Waals surface area contributed by atoms with E-state index in [1.165, 1.54) is 0 Å². The highest BCUT2D eigenvalue weighted by Gasteiger charge is 2.22. The molecule has 2 atom stereocenters. The highest BCUT2D eigenvalue weighted by Crippen LogP contribution is 2.22. The normalized spacial score (nSPS) is 13.2. The molecule has 0 aromatic heterocycles. The van der Waals surface area contributed by atoms with Crippen molar-refractivity contribution in [1.82, 2.24) is 4.90 Å². The van der Waals surface area contributed by atoms with E-state index in [1.54, 1.807) is 0 Å². The number of nitrogens with two attached hydrogens (primary N) is 1. The van der Waals surface area contributed by atoms with Crippen molar-refractivity contribution in [2.45, 2.75) is 26.8 Å². The largest absolute Gasteiger partial charge is 0.492 e. The number of amides is 1. The summed E-state index contributed by atoms with van der Waals surface area (Å²) in [4.78, 5) is 14.8. The maximum atomic E-state index is 12.5. The predicted octanol–water partition coefficient (Wildman–Crippen LogP) is 3.68. The van der Waals surface area contributed by atoms with Gasteiger partial charge in [0.2, 0.25) is 5.91 Å². The van der Waals surface area contributed by atoms with E-state index in [-0.39, 0.29) is 17.9 Å². The molecule has 0 aliphatic heterocycles. The van der Waals surface area contributed by atoms with E-state index in [0.717, 1.165) is 36.6 Å². The summed E-state index contributed by atoms with van der Waals surface area (Å²) in [7, 11) is 0. The molecule has 2 aromatic carbocycles. The molecule has 0 spiro atoms. The number of nitrogens with one attached hydrogen (secondary N) is 1. The number of hydrogen-bond acceptors (Lipinski definition) is 4. The molecule has 27 heavy (non-hydrogen) atoms. The first kappa shape index (κ1) is 20.9. The monoisotopic (exact) mass is 369 g/mol. The summed E-state index contributed by atoms with van der Waals surface area (Å²) < 4.78 is 5.77. The molecule has 0 heterocycles. The smallest absolute Gasteiger partial charge is 0.229 e. The number of nitrogens with zero attached hydrogens (tertiary/aromatic N) is 1. The molecule has 2 unspecified atom stereocenters. The van der Waals surface area contributed by atoms with Crippen molar-refractivity contribution in [3.05, 3.63) is 60.2 Å². The van der Waals surface area contributed by atoms with E-state index < -0.39 is 0 Å². The zero-order valence-corrected chi connectivity index (χ0v) is 16.5. The molecule has 0 bridgehead atoms. The van der Waals surface area contributed by atoms with Crippen LogP contribution in [0.4, 0.5) is 5.69 Å². The summed E-state index contributed by atoms with van der Waals surface area (Å²) in [5, 5.41) is 2.93. The third-order valence-corrected chi connectivity index (χ3v) is 4.83. The quantitative estimate of drug-likeness (QED) is 0.670.